The highest BCUT2D eigenvalue weighted by atomic mass is 35.5. The summed E-state index contributed by atoms with van der Waals surface area (Å²) in [7, 11) is 0. The minimum absolute atomic E-state index is 0.0769. The van der Waals surface area contributed by atoms with Gasteiger partial charge in [-0.2, -0.15) is 0 Å². The molecule has 0 heterocycles. The van der Waals surface area contributed by atoms with Gasteiger partial charge < -0.3 is 0 Å². The Kier molecular flexibility index (Phi) is 2.59. The molecule has 0 radical (unpaired) electrons. The van der Waals surface area contributed by atoms with Crippen LogP contribution < -0.4 is 0 Å². The Hall–Kier alpha value is -0.740. The minimum atomic E-state index is -0.511. The van der Waals surface area contributed by atoms with E-state index >= 15 is 0 Å². The zero-order chi connectivity index (χ0) is 9.30. The molecular formula is C7H6ClNO2S. The molecule has 0 unspecified atom stereocenters. The number of hydrogen-bond acceptors (Lipinski definition) is 3. The minimum Gasteiger partial charge on any atom is -0.258 e. The van der Waals surface area contributed by atoms with Crippen LogP contribution in [0.3, 0.4) is 0 Å². The van der Waals surface area contributed by atoms with Crippen molar-refractivity contribution in [2.75, 3.05) is 0 Å². The monoisotopic (exact) mass is 203 g/mol. The number of rotatable bonds is 1. The van der Waals surface area contributed by atoms with Gasteiger partial charge >= 0.3 is 0 Å². The summed E-state index contributed by atoms with van der Waals surface area (Å²) >= 11 is 9.68. The summed E-state index contributed by atoms with van der Waals surface area (Å²) < 4.78 is 0. The maximum atomic E-state index is 10.4. The second-order valence-electron chi connectivity index (χ2n) is 2.35. The van der Waals surface area contributed by atoms with Crippen LogP contribution >= 0.6 is 24.2 Å². The first kappa shape index (κ1) is 9.35. The third kappa shape index (κ3) is 1.70. The number of benzene rings is 1. The summed E-state index contributed by atoms with van der Waals surface area (Å²) in [5, 5.41) is 10.5. The van der Waals surface area contributed by atoms with Gasteiger partial charge in [-0.15, -0.1) is 12.6 Å². The van der Waals surface area contributed by atoms with Gasteiger partial charge in [-0.25, -0.2) is 0 Å². The van der Waals surface area contributed by atoms with Crippen LogP contribution in [-0.2, 0) is 0 Å². The highest BCUT2D eigenvalue weighted by Crippen LogP contribution is 2.29. The highest BCUT2D eigenvalue weighted by Gasteiger charge is 2.13. The van der Waals surface area contributed by atoms with E-state index in [1.54, 1.807) is 6.92 Å². The first-order valence-electron chi connectivity index (χ1n) is 3.16. The summed E-state index contributed by atoms with van der Waals surface area (Å²) in [6.07, 6.45) is 0. The molecule has 0 N–H and O–H groups in total. The summed E-state index contributed by atoms with van der Waals surface area (Å²) in [5.41, 5.74) is 0.668. The molecule has 0 aromatic heterocycles. The third-order valence-electron chi connectivity index (χ3n) is 1.46. The second kappa shape index (κ2) is 3.33. The fourth-order valence-corrected chi connectivity index (χ4v) is 1.30. The summed E-state index contributed by atoms with van der Waals surface area (Å²) in [6, 6.07) is 2.88. The summed E-state index contributed by atoms with van der Waals surface area (Å²) in [4.78, 5) is 10.5. The van der Waals surface area contributed by atoms with Gasteiger partial charge in [0.1, 0.15) is 5.02 Å². The van der Waals surface area contributed by atoms with Crippen molar-refractivity contribution in [1.29, 1.82) is 0 Å². The number of aryl methyl sites for hydroxylation is 1. The SMILES string of the molecule is Cc1cc([N+](=O)[O-])c(Cl)cc1S. The smallest absolute Gasteiger partial charge is 0.258 e. The van der Waals surface area contributed by atoms with Crippen molar-refractivity contribution in [2.45, 2.75) is 11.8 Å². The average Bonchev–Trinajstić information content (AvgIpc) is 1.96. The lowest BCUT2D eigenvalue weighted by molar-refractivity contribution is -0.384. The number of hydrogen-bond donors (Lipinski definition) is 1. The topological polar surface area (TPSA) is 43.1 Å². The lowest BCUT2D eigenvalue weighted by Crippen LogP contribution is -1.90. The lowest BCUT2D eigenvalue weighted by Gasteiger charge is -1.99. The Morgan fingerprint density at radius 1 is 1.58 bits per heavy atom. The number of nitro groups is 1. The summed E-state index contributed by atoms with van der Waals surface area (Å²) in [6.45, 7) is 1.74. The Bertz CT molecular complexity index is 340. The van der Waals surface area contributed by atoms with E-state index < -0.39 is 4.92 Å². The molecule has 12 heavy (non-hydrogen) atoms. The quantitative estimate of drug-likeness (QED) is 0.433. The molecule has 0 spiro atoms. The van der Waals surface area contributed by atoms with Crippen molar-refractivity contribution in [3.8, 4) is 0 Å². The van der Waals surface area contributed by atoms with Crippen LogP contribution in [0.2, 0.25) is 5.02 Å². The third-order valence-corrected chi connectivity index (χ3v) is 2.25. The van der Waals surface area contributed by atoms with Crippen molar-refractivity contribution in [3.05, 3.63) is 32.8 Å². The normalized spacial score (nSPS) is 9.92. The van der Waals surface area contributed by atoms with Crippen LogP contribution in [-0.4, -0.2) is 4.92 Å². The standard InChI is InChI=1S/C7H6ClNO2S/c1-4-2-6(9(10)11)5(8)3-7(4)12/h2-3,12H,1H3. The van der Waals surface area contributed by atoms with E-state index in [0.29, 0.717) is 4.90 Å². The molecule has 5 heteroatoms. The van der Waals surface area contributed by atoms with E-state index in [4.69, 9.17) is 11.6 Å². The molecule has 1 aromatic carbocycles. The van der Waals surface area contributed by atoms with E-state index in [1.807, 2.05) is 0 Å². The fourth-order valence-electron chi connectivity index (χ4n) is 0.796. The number of nitrogens with zero attached hydrogens (tertiary/aromatic N) is 1. The van der Waals surface area contributed by atoms with E-state index in [1.165, 1.54) is 12.1 Å². The molecule has 1 rings (SSSR count). The Morgan fingerprint density at radius 2 is 2.17 bits per heavy atom. The fraction of sp³-hybridized carbons (Fsp3) is 0.143. The molecule has 0 aliphatic rings. The Morgan fingerprint density at radius 3 is 2.67 bits per heavy atom. The first-order valence-corrected chi connectivity index (χ1v) is 3.98. The molecule has 0 aliphatic heterocycles. The van der Waals surface area contributed by atoms with Crippen LogP contribution in [0.25, 0.3) is 0 Å². The first-order chi connectivity index (χ1) is 5.52. The molecule has 1 aromatic rings. The largest absolute Gasteiger partial charge is 0.288 e. The maximum absolute atomic E-state index is 10.4. The second-order valence-corrected chi connectivity index (χ2v) is 3.24. The van der Waals surface area contributed by atoms with Crippen LogP contribution in [0.5, 0.6) is 0 Å². The predicted octanol–water partition coefficient (Wildman–Crippen LogP) is 2.85. The Balaban J connectivity index is 3.33. The van der Waals surface area contributed by atoms with Gasteiger partial charge in [0.05, 0.1) is 4.92 Å². The van der Waals surface area contributed by atoms with E-state index in [-0.39, 0.29) is 10.7 Å². The highest BCUT2D eigenvalue weighted by molar-refractivity contribution is 7.80. The summed E-state index contributed by atoms with van der Waals surface area (Å²) in [5.74, 6) is 0. The maximum Gasteiger partial charge on any atom is 0.288 e. The van der Waals surface area contributed by atoms with Crippen molar-refractivity contribution in [3.63, 3.8) is 0 Å². The zero-order valence-corrected chi connectivity index (χ0v) is 7.89. The molecule has 64 valence electrons. The van der Waals surface area contributed by atoms with Gasteiger partial charge in [0.25, 0.3) is 5.69 Å². The molecule has 3 nitrogen and oxygen atoms in total. The van der Waals surface area contributed by atoms with E-state index in [9.17, 15) is 10.1 Å². The number of nitro benzene ring substituents is 1. The van der Waals surface area contributed by atoms with Crippen LogP contribution in [0.4, 0.5) is 5.69 Å². The van der Waals surface area contributed by atoms with Crippen LogP contribution in [0.15, 0.2) is 17.0 Å². The Labute approximate surface area is 79.9 Å². The van der Waals surface area contributed by atoms with Crippen molar-refractivity contribution in [1.82, 2.24) is 0 Å². The van der Waals surface area contributed by atoms with Crippen molar-refractivity contribution < 1.29 is 4.92 Å². The lowest BCUT2D eigenvalue weighted by atomic mass is 10.2. The average molecular weight is 204 g/mol. The van der Waals surface area contributed by atoms with E-state index in [0.717, 1.165) is 5.56 Å². The van der Waals surface area contributed by atoms with Crippen molar-refractivity contribution >= 4 is 29.9 Å². The molecule has 0 saturated carbocycles. The molecule has 0 amide bonds. The number of halogens is 1. The number of thiol groups is 1. The van der Waals surface area contributed by atoms with E-state index in [2.05, 4.69) is 12.6 Å². The van der Waals surface area contributed by atoms with Gasteiger partial charge in [-0.3, -0.25) is 10.1 Å². The molecular weight excluding hydrogens is 198 g/mol. The zero-order valence-electron chi connectivity index (χ0n) is 6.24. The molecule has 0 fully saturated rings. The molecule has 0 saturated heterocycles. The van der Waals surface area contributed by atoms with Crippen molar-refractivity contribution in [2.24, 2.45) is 0 Å². The van der Waals surface area contributed by atoms with Gasteiger partial charge in [0.2, 0.25) is 0 Å². The van der Waals surface area contributed by atoms with Gasteiger partial charge in [-0.05, 0) is 18.6 Å². The molecule has 0 bridgehead atoms. The van der Waals surface area contributed by atoms with Gasteiger partial charge in [0.15, 0.2) is 0 Å². The van der Waals surface area contributed by atoms with Crippen LogP contribution in [0.1, 0.15) is 5.56 Å². The van der Waals surface area contributed by atoms with Gasteiger partial charge in [-0.1, -0.05) is 11.6 Å². The molecule has 0 atom stereocenters. The van der Waals surface area contributed by atoms with Crippen LogP contribution in [0, 0.1) is 17.0 Å². The van der Waals surface area contributed by atoms with Gasteiger partial charge in [0, 0.05) is 11.0 Å². The predicted molar refractivity (Wildman–Crippen MR) is 50.1 cm³/mol. The molecule has 0 aliphatic carbocycles.